The Hall–Kier alpha value is -2.61. The second kappa shape index (κ2) is 10.5. The van der Waals surface area contributed by atoms with Crippen molar-refractivity contribution in [3.8, 4) is 5.69 Å². The number of hydrogen-bond donors (Lipinski definition) is 1. The van der Waals surface area contributed by atoms with Gasteiger partial charge in [-0.15, -0.1) is 21.5 Å². The first kappa shape index (κ1) is 23.5. The number of thiophene rings is 1. The number of benzene rings is 2. The minimum absolute atomic E-state index is 0.0450. The van der Waals surface area contributed by atoms with Gasteiger partial charge in [-0.1, -0.05) is 59.8 Å². The lowest BCUT2D eigenvalue weighted by molar-refractivity contribution is -0.121. The number of carbonyl (C=O) groups excluding carboxylic acids is 1. The highest BCUT2D eigenvalue weighted by Gasteiger charge is 2.22. The Bertz CT molecular complexity index is 1250. The van der Waals surface area contributed by atoms with Crippen molar-refractivity contribution in [2.75, 3.05) is 0 Å². The number of hydrogen-bond acceptors (Lipinski definition) is 5. The third-order valence-electron chi connectivity index (χ3n) is 5.37. The standard InChI is InChI=1S/C25H25ClN4OS2/c1-16-7-4-5-8-19(16)15-33-25-29-28-24(30(25)22-13-20(26)11-10-17(22)2)18(3)27-23(31)14-21-9-6-12-32-21/h4-13,18H,14-15H2,1-3H3,(H,27,31). The van der Waals surface area contributed by atoms with Gasteiger partial charge in [-0.3, -0.25) is 9.36 Å². The summed E-state index contributed by atoms with van der Waals surface area (Å²) in [5, 5.41) is 15.4. The molecular formula is C25H25ClN4OS2. The lowest BCUT2D eigenvalue weighted by Gasteiger charge is -2.18. The van der Waals surface area contributed by atoms with Crippen LogP contribution in [0.4, 0.5) is 0 Å². The molecule has 1 amide bonds. The molecule has 2 aromatic carbocycles. The molecule has 0 saturated carbocycles. The average molecular weight is 497 g/mol. The van der Waals surface area contributed by atoms with Crippen molar-refractivity contribution < 1.29 is 4.79 Å². The van der Waals surface area contributed by atoms with Gasteiger partial charge in [-0.2, -0.15) is 0 Å². The van der Waals surface area contributed by atoms with Gasteiger partial charge >= 0.3 is 0 Å². The third kappa shape index (κ3) is 5.66. The Balaban J connectivity index is 1.64. The maximum Gasteiger partial charge on any atom is 0.225 e. The number of halogens is 1. The van der Waals surface area contributed by atoms with Crippen LogP contribution >= 0.6 is 34.7 Å². The number of nitrogens with zero attached hydrogens (tertiary/aromatic N) is 3. The first-order chi connectivity index (χ1) is 15.9. The van der Waals surface area contributed by atoms with Crippen molar-refractivity contribution in [2.24, 2.45) is 0 Å². The normalized spacial score (nSPS) is 12.0. The van der Waals surface area contributed by atoms with E-state index >= 15 is 0 Å². The van der Waals surface area contributed by atoms with Gasteiger partial charge in [0.1, 0.15) is 0 Å². The van der Waals surface area contributed by atoms with E-state index in [1.54, 1.807) is 23.1 Å². The zero-order valence-corrected chi connectivity index (χ0v) is 21.1. The lowest BCUT2D eigenvalue weighted by Crippen LogP contribution is -2.29. The van der Waals surface area contributed by atoms with E-state index in [2.05, 4.69) is 34.6 Å². The van der Waals surface area contributed by atoms with Gasteiger partial charge in [-0.25, -0.2) is 0 Å². The van der Waals surface area contributed by atoms with Crippen LogP contribution in [0.1, 0.15) is 40.4 Å². The monoisotopic (exact) mass is 496 g/mol. The number of aryl methyl sites for hydroxylation is 2. The fourth-order valence-electron chi connectivity index (χ4n) is 3.55. The van der Waals surface area contributed by atoms with E-state index in [0.29, 0.717) is 17.3 Å². The van der Waals surface area contributed by atoms with Crippen LogP contribution in [0, 0.1) is 13.8 Å². The number of amides is 1. The van der Waals surface area contributed by atoms with Gasteiger partial charge in [0.25, 0.3) is 0 Å². The highest BCUT2D eigenvalue weighted by Crippen LogP contribution is 2.31. The molecule has 170 valence electrons. The van der Waals surface area contributed by atoms with Crippen LogP contribution < -0.4 is 5.32 Å². The summed E-state index contributed by atoms with van der Waals surface area (Å²) in [6.45, 7) is 6.08. The largest absolute Gasteiger partial charge is 0.346 e. The molecule has 1 N–H and O–H groups in total. The van der Waals surface area contributed by atoms with Gasteiger partial charge in [0.15, 0.2) is 11.0 Å². The molecule has 4 rings (SSSR count). The predicted octanol–water partition coefficient (Wildman–Crippen LogP) is 6.31. The zero-order chi connectivity index (χ0) is 23.4. The molecule has 0 aliphatic carbocycles. The summed E-state index contributed by atoms with van der Waals surface area (Å²) in [5.74, 6) is 1.40. The molecule has 5 nitrogen and oxygen atoms in total. The number of carbonyl (C=O) groups is 1. The van der Waals surface area contributed by atoms with Crippen molar-refractivity contribution in [1.29, 1.82) is 0 Å². The summed E-state index contributed by atoms with van der Waals surface area (Å²) in [6, 6.07) is 17.7. The van der Waals surface area contributed by atoms with Gasteiger partial charge in [0.2, 0.25) is 5.91 Å². The van der Waals surface area contributed by atoms with Crippen LogP contribution in [-0.2, 0) is 17.0 Å². The molecule has 8 heteroatoms. The first-order valence-electron chi connectivity index (χ1n) is 10.6. The van der Waals surface area contributed by atoms with Gasteiger partial charge in [-0.05, 0) is 61.0 Å². The number of thioether (sulfide) groups is 1. The van der Waals surface area contributed by atoms with Crippen molar-refractivity contribution in [3.05, 3.63) is 92.4 Å². The van der Waals surface area contributed by atoms with E-state index in [1.165, 1.54) is 11.1 Å². The second-order valence-corrected chi connectivity index (χ2v) is 10.3. The quantitative estimate of drug-likeness (QED) is 0.290. The molecule has 4 aromatic rings. The minimum Gasteiger partial charge on any atom is -0.346 e. The molecule has 0 bridgehead atoms. The number of aromatic nitrogens is 3. The minimum atomic E-state index is -0.323. The third-order valence-corrected chi connectivity index (χ3v) is 7.46. The summed E-state index contributed by atoms with van der Waals surface area (Å²) >= 11 is 9.54. The molecule has 0 spiro atoms. The van der Waals surface area contributed by atoms with Gasteiger partial charge in [0.05, 0.1) is 18.2 Å². The molecule has 1 unspecified atom stereocenters. The maximum absolute atomic E-state index is 12.6. The Morgan fingerprint density at radius 1 is 1.12 bits per heavy atom. The van der Waals surface area contributed by atoms with E-state index in [-0.39, 0.29) is 11.9 Å². The van der Waals surface area contributed by atoms with Gasteiger partial charge in [0, 0.05) is 15.7 Å². The van der Waals surface area contributed by atoms with Crippen molar-refractivity contribution >= 4 is 40.6 Å². The van der Waals surface area contributed by atoms with Gasteiger partial charge < -0.3 is 5.32 Å². The molecule has 33 heavy (non-hydrogen) atoms. The zero-order valence-electron chi connectivity index (χ0n) is 18.7. The lowest BCUT2D eigenvalue weighted by atomic mass is 10.1. The van der Waals surface area contributed by atoms with E-state index < -0.39 is 0 Å². The first-order valence-corrected chi connectivity index (χ1v) is 12.9. The van der Waals surface area contributed by atoms with E-state index in [9.17, 15) is 4.79 Å². The summed E-state index contributed by atoms with van der Waals surface area (Å²) in [7, 11) is 0. The van der Waals surface area contributed by atoms with Crippen LogP contribution in [-0.4, -0.2) is 20.7 Å². The molecular weight excluding hydrogens is 472 g/mol. The van der Waals surface area contributed by atoms with E-state index in [4.69, 9.17) is 11.6 Å². The fraction of sp³-hybridized carbons (Fsp3) is 0.240. The molecule has 0 aliphatic rings. The van der Waals surface area contributed by atoms with E-state index in [0.717, 1.165) is 27.0 Å². The van der Waals surface area contributed by atoms with Crippen LogP contribution in [0.15, 0.2) is 65.1 Å². The van der Waals surface area contributed by atoms with Crippen LogP contribution in [0.2, 0.25) is 5.02 Å². The summed E-state index contributed by atoms with van der Waals surface area (Å²) < 4.78 is 2.01. The Morgan fingerprint density at radius 3 is 2.70 bits per heavy atom. The molecule has 1 atom stereocenters. The predicted molar refractivity (Wildman–Crippen MR) is 136 cm³/mol. The number of rotatable bonds is 8. The average Bonchev–Trinajstić information content (AvgIpc) is 3.44. The highest BCUT2D eigenvalue weighted by atomic mass is 35.5. The fourth-order valence-corrected chi connectivity index (χ4v) is 5.45. The summed E-state index contributed by atoms with van der Waals surface area (Å²) in [4.78, 5) is 13.7. The van der Waals surface area contributed by atoms with Crippen molar-refractivity contribution in [1.82, 2.24) is 20.1 Å². The Morgan fingerprint density at radius 2 is 1.94 bits per heavy atom. The molecule has 0 aliphatic heterocycles. The summed E-state index contributed by atoms with van der Waals surface area (Å²) in [6.07, 6.45) is 0.348. The topological polar surface area (TPSA) is 59.8 Å². The molecule has 2 heterocycles. The maximum atomic E-state index is 12.6. The molecule has 0 saturated heterocycles. The van der Waals surface area contributed by atoms with Crippen LogP contribution in [0.3, 0.4) is 0 Å². The number of nitrogens with one attached hydrogen (secondary N) is 1. The Kier molecular flexibility index (Phi) is 7.53. The van der Waals surface area contributed by atoms with Crippen LogP contribution in [0.5, 0.6) is 0 Å². The van der Waals surface area contributed by atoms with Crippen molar-refractivity contribution in [2.45, 2.75) is 44.1 Å². The highest BCUT2D eigenvalue weighted by molar-refractivity contribution is 7.98. The van der Waals surface area contributed by atoms with Crippen molar-refractivity contribution in [3.63, 3.8) is 0 Å². The summed E-state index contributed by atoms with van der Waals surface area (Å²) in [5.41, 5.74) is 4.45. The molecule has 2 aromatic heterocycles. The van der Waals surface area contributed by atoms with E-state index in [1.807, 2.05) is 66.3 Å². The Labute approximate surface area is 207 Å². The SMILES string of the molecule is Cc1ccccc1CSc1nnc(C(C)NC(=O)Cc2cccs2)n1-c1cc(Cl)ccc1C. The smallest absolute Gasteiger partial charge is 0.225 e. The molecule has 0 radical (unpaired) electrons. The second-order valence-electron chi connectivity index (χ2n) is 7.87. The molecule has 0 fully saturated rings. The van der Waals surface area contributed by atoms with Crippen LogP contribution in [0.25, 0.3) is 5.69 Å².